The zero-order valence-corrected chi connectivity index (χ0v) is 15.2. The summed E-state index contributed by atoms with van der Waals surface area (Å²) in [4.78, 5) is 17.8. The molecule has 0 N–H and O–H groups in total. The van der Waals surface area contributed by atoms with Crippen molar-refractivity contribution in [3.05, 3.63) is 76.5 Å². The minimum atomic E-state index is -0.302. The first-order valence-corrected chi connectivity index (χ1v) is 9.22. The van der Waals surface area contributed by atoms with Crippen molar-refractivity contribution < 1.29 is 9.53 Å². The molecule has 1 aromatic heterocycles. The average Bonchev–Trinajstić information content (AvgIpc) is 2.70. The van der Waals surface area contributed by atoms with Gasteiger partial charge in [0.1, 0.15) is 6.61 Å². The summed E-state index contributed by atoms with van der Waals surface area (Å²) in [5.74, 6) is 0.230. The van der Waals surface area contributed by atoms with Crippen LogP contribution in [0.15, 0.2) is 48.5 Å². The molecule has 4 heteroatoms. The average molecular weight is 356 g/mol. The molecule has 3 aromatic rings. The van der Waals surface area contributed by atoms with Crippen LogP contribution in [0.5, 0.6) is 0 Å². The highest BCUT2D eigenvalue weighted by Crippen LogP contribution is 2.32. The van der Waals surface area contributed by atoms with E-state index in [0.29, 0.717) is 17.0 Å². The van der Waals surface area contributed by atoms with Gasteiger partial charge in [-0.25, -0.2) is 4.79 Å². The summed E-state index contributed by atoms with van der Waals surface area (Å²) in [7, 11) is 0. The van der Waals surface area contributed by atoms with Gasteiger partial charge in [0.2, 0.25) is 0 Å². The molecule has 4 rings (SSSR count). The SMILES string of the molecule is CC1CCc2nc3ccccc3c(C(=O)OCc3ccc(C#N)cc3)c2C1. The van der Waals surface area contributed by atoms with E-state index in [4.69, 9.17) is 15.0 Å². The highest BCUT2D eigenvalue weighted by molar-refractivity contribution is 6.05. The number of aryl methyl sites for hydroxylation is 1. The van der Waals surface area contributed by atoms with E-state index in [1.807, 2.05) is 36.4 Å². The molecule has 1 aliphatic rings. The zero-order valence-electron chi connectivity index (χ0n) is 15.2. The van der Waals surface area contributed by atoms with Crippen LogP contribution in [-0.4, -0.2) is 11.0 Å². The van der Waals surface area contributed by atoms with Gasteiger partial charge >= 0.3 is 5.97 Å². The Balaban J connectivity index is 1.68. The molecule has 1 atom stereocenters. The van der Waals surface area contributed by atoms with Crippen molar-refractivity contribution in [2.75, 3.05) is 0 Å². The lowest BCUT2D eigenvalue weighted by Crippen LogP contribution is -2.19. The number of aromatic nitrogens is 1. The number of carbonyl (C=O) groups is 1. The van der Waals surface area contributed by atoms with Gasteiger partial charge in [0, 0.05) is 11.1 Å². The van der Waals surface area contributed by atoms with Gasteiger partial charge in [-0.05, 0) is 54.5 Å². The molecule has 2 aromatic carbocycles. The van der Waals surface area contributed by atoms with Crippen LogP contribution in [0, 0.1) is 17.2 Å². The number of pyridine rings is 1. The van der Waals surface area contributed by atoms with Gasteiger partial charge in [-0.3, -0.25) is 4.98 Å². The van der Waals surface area contributed by atoms with Crippen LogP contribution < -0.4 is 0 Å². The summed E-state index contributed by atoms with van der Waals surface area (Å²) >= 11 is 0. The summed E-state index contributed by atoms with van der Waals surface area (Å²) in [6.07, 6.45) is 2.85. The van der Waals surface area contributed by atoms with Crippen molar-refractivity contribution in [2.24, 2.45) is 5.92 Å². The molecular weight excluding hydrogens is 336 g/mol. The maximum Gasteiger partial charge on any atom is 0.339 e. The van der Waals surface area contributed by atoms with Gasteiger partial charge in [-0.1, -0.05) is 37.3 Å². The summed E-state index contributed by atoms with van der Waals surface area (Å²) < 4.78 is 5.65. The minimum absolute atomic E-state index is 0.186. The van der Waals surface area contributed by atoms with Gasteiger partial charge in [0.25, 0.3) is 0 Å². The Kier molecular flexibility index (Phi) is 4.60. The van der Waals surface area contributed by atoms with Crippen LogP contribution in [0.2, 0.25) is 0 Å². The molecule has 134 valence electrons. The zero-order chi connectivity index (χ0) is 18.8. The first-order valence-electron chi connectivity index (χ1n) is 9.22. The number of hydrogen-bond donors (Lipinski definition) is 0. The van der Waals surface area contributed by atoms with Crippen LogP contribution in [0.3, 0.4) is 0 Å². The fourth-order valence-corrected chi connectivity index (χ4v) is 3.69. The number of carbonyl (C=O) groups excluding carboxylic acids is 1. The molecule has 0 saturated carbocycles. The van der Waals surface area contributed by atoms with Gasteiger partial charge in [-0.2, -0.15) is 5.26 Å². The van der Waals surface area contributed by atoms with Crippen molar-refractivity contribution in [1.29, 1.82) is 5.26 Å². The van der Waals surface area contributed by atoms with Gasteiger partial charge < -0.3 is 4.74 Å². The topological polar surface area (TPSA) is 63.0 Å². The predicted octanol–water partition coefficient (Wildman–Crippen LogP) is 4.59. The van der Waals surface area contributed by atoms with Crippen LogP contribution >= 0.6 is 0 Å². The third-order valence-electron chi connectivity index (χ3n) is 5.16. The van der Waals surface area contributed by atoms with Gasteiger partial charge in [-0.15, -0.1) is 0 Å². The normalized spacial score (nSPS) is 15.8. The van der Waals surface area contributed by atoms with E-state index in [0.717, 1.165) is 47.0 Å². The maximum absolute atomic E-state index is 13.0. The molecule has 0 spiro atoms. The highest BCUT2D eigenvalue weighted by Gasteiger charge is 2.26. The predicted molar refractivity (Wildman–Crippen MR) is 103 cm³/mol. The number of esters is 1. The van der Waals surface area contributed by atoms with Gasteiger partial charge in [0.15, 0.2) is 0 Å². The third kappa shape index (κ3) is 3.41. The minimum Gasteiger partial charge on any atom is -0.457 e. The molecule has 1 aliphatic carbocycles. The number of fused-ring (bicyclic) bond motifs is 2. The smallest absolute Gasteiger partial charge is 0.339 e. The number of nitrogens with zero attached hydrogens (tertiary/aromatic N) is 2. The number of rotatable bonds is 3. The molecule has 0 saturated heterocycles. The first kappa shape index (κ1) is 17.2. The quantitative estimate of drug-likeness (QED) is 0.644. The molecule has 1 unspecified atom stereocenters. The van der Waals surface area contributed by atoms with Crippen LogP contribution in [0.4, 0.5) is 0 Å². The standard InChI is InChI=1S/C23H20N2O2/c1-15-6-11-21-19(12-15)22(18-4-2-3-5-20(18)25-21)23(26)27-14-17-9-7-16(13-24)8-10-17/h2-5,7-10,15H,6,11-12,14H2,1H3. The number of nitriles is 1. The lowest BCUT2D eigenvalue weighted by atomic mass is 9.84. The molecule has 0 bridgehead atoms. The third-order valence-corrected chi connectivity index (χ3v) is 5.16. The Bertz CT molecular complexity index is 1050. The van der Waals surface area contributed by atoms with Crippen molar-refractivity contribution in [3.63, 3.8) is 0 Å². The maximum atomic E-state index is 13.0. The van der Waals surface area contributed by atoms with E-state index in [2.05, 4.69) is 13.0 Å². The highest BCUT2D eigenvalue weighted by atomic mass is 16.5. The molecule has 0 radical (unpaired) electrons. The summed E-state index contributed by atoms with van der Waals surface area (Å²) in [6.45, 7) is 2.40. The number of para-hydroxylation sites is 1. The molecule has 0 amide bonds. The monoisotopic (exact) mass is 356 g/mol. The van der Waals surface area contributed by atoms with E-state index in [1.165, 1.54) is 0 Å². The second-order valence-corrected chi connectivity index (χ2v) is 7.16. The Labute approximate surface area is 158 Å². The molecule has 4 nitrogen and oxygen atoms in total. The lowest BCUT2D eigenvalue weighted by molar-refractivity contribution is 0.0473. The van der Waals surface area contributed by atoms with E-state index in [-0.39, 0.29) is 12.6 Å². The summed E-state index contributed by atoms with van der Waals surface area (Å²) in [6, 6.07) is 16.9. The van der Waals surface area contributed by atoms with E-state index < -0.39 is 0 Å². The Morgan fingerprint density at radius 1 is 1.22 bits per heavy atom. The Hall–Kier alpha value is -3.19. The summed E-state index contributed by atoms with van der Waals surface area (Å²) in [5, 5.41) is 9.75. The van der Waals surface area contributed by atoms with Crippen LogP contribution in [0.1, 0.15) is 46.1 Å². The second kappa shape index (κ2) is 7.20. The Morgan fingerprint density at radius 2 is 2.00 bits per heavy atom. The number of ether oxygens (including phenoxy) is 1. The van der Waals surface area contributed by atoms with E-state index >= 15 is 0 Å². The lowest BCUT2D eigenvalue weighted by Gasteiger charge is -2.24. The van der Waals surface area contributed by atoms with Gasteiger partial charge in [0.05, 0.1) is 22.7 Å². The van der Waals surface area contributed by atoms with Crippen LogP contribution in [-0.2, 0) is 24.2 Å². The number of hydrogen-bond acceptors (Lipinski definition) is 4. The molecule has 1 heterocycles. The van der Waals surface area contributed by atoms with Crippen LogP contribution in [0.25, 0.3) is 10.9 Å². The fraction of sp³-hybridized carbons (Fsp3) is 0.261. The largest absolute Gasteiger partial charge is 0.457 e. The van der Waals surface area contributed by atoms with Crippen molar-refractivity contribution >= 4 is 16.9 Å². The molecule has 0 aliphatic heterocycles. The number of benzene rings is 2. The Morgan fingerprint density at radius 3 is 2.78 bits per heavy atom. The molecule has 27 heavy (non-hydrogen) atoms. The second-order valence-electron chi connectivity index (χ2n) is 7.16. The van der Waals surface area contributed by atoms with Crippen molar-refractivity contribution in [3.8, 4) is 6.07 Å². The van der Waals surface area contributed by atoms with E-state index in [9.17, 15) is 4.79 Å². The van der Waals surface area contributed by atoms with Crippen molar-refractivity contribution in [2.45, 2.75) is 32.8 Å². The summed E-state index contributed by atoms with van der Waals surface area (Å²) in [5.41, 5.74) is 5.03. The molecule has 0 fully saturated rings. The fourth-order valence-electron chi connectivity index (χ4n) is 3.69. The first-order chi connectivity index (χ1) is 13.2. The van der Waals surface area contributed by atoms with E-state index in [1.54, 1.807) is 12.1 Å². The molecular formula is C23H20N2O2. The van der Waals surface area contributed by atoms with Crippen molar-refractivity contribution in [1.82, 2.24) is 4.98 Å².